The Morgan fingerprint density at radius 1 is 1.31 bits per heavy atom. The van der Waals surface area contributed by atoms with Crippen LogP contribution in [-0.2, 0) is 7.05 Å². The Morgan fingerprint density at radius 3 is 2.54 bits per heavy atom. The molecule has 5 nitrogen and oxygen atoms in total. The van der Waals surface area contributed by atoms with Crippen molar-refractivity contribution < 1.29 is 5.11 Å². The van der Waals surface area contributed by atoms with Gasteiger partial charge in [-0.25, -0.2) is 9.97 Å². The summed E-state index contributed by atoms with van der Waals surface area (Å²) in [5.74, 6) is 1.04. The SMILES string of the molecule is Cn1cc(O)nc1-c1ncccn1. The van der Waals surface area contributed by atoms with E-state index in [1.54, 1.807) is 30.1 Å². The third-order valence-electron chi connectivity index (χ3n) is 1.63. The molecule has 0 bridgehead atoms. The average Bonchev–Trinajstić information content (AvgIpc) is 2.47. The lowest BCUT2D eigenvalue weighted by atomic mass is 10.5. The van der Waals surface area contributed by atoms with Crippen molar-refractivity contribution in [2.24, 2.45) is 7.05 Å². The predicted octanol–water partition coefficient (Wildman–Crippen LogP) is 0.583. The van der Waals surface area contributed by atoms with E-state index in [1.807, 2.05) is 0 Å². The minimum Gasteiger partial charge on any atom is -0.492 e. The van der Waals surface area contributed by atoms with Crippen LogP contribution in [-0.4, -0.2) is 24.6 Å². The molecule has 2 heterocycles. The summed E-state index contributed by atoms with van der Waals surface area (Å²) >= 11 is 0. The third kappa shape index (κ3) is 1.35. The van der Waals surface area contributed by atoms with Gasteiger partial charge < -0.3 is 9.67 Å². The maximum absolute atomic E-state index is 9.11. The Hall–Kier alpha value is -1.91. The van der Waals surface area contributed by atoms with E-state index in [9.17, 15) is 0 Å². The highest BCUT2D eigenvalue weighted by atomic mass is 16.3. The van der Waals surface area contributed by atoms with E-state index in [0.29, 0.717) is 11.6 Å². The van der Waals surface area contributed by atoms with Gasteiger partial charge in [-0.05, 0) is 6.07 Å². The molecule has 2 aromatic heterocycles. The van der Waals surface area contributed by atoms with Gasteiger partial charge in [-0.3, -0.25) is 0 Å². The quantitative estimate of drug-likeness (QED) is 0.690. The van der Waals surface area contributed by atoms with Gasteiger partial charge in [0.1, 0.15) is 0 Å². The zero-order valence-corrected chi connectivity index (χ0v) is 7.05. The largest absolute Gasteiger partial charge is 0.492 e. The van der Waals surface area contributed by atoms with Crippen LogP contribution in [0.4, 0.5) is 0 Å². The molecule has 5 heteroatoms. The summed E-state index contributed by atoms with van der Waals surface area (Å²) in [6.45, 7) is 0. The first-order valence-corrected chi connectivity index (χ1v) is 3.77. The lowest BCUT2D eigenvalue weighted by Crippen LogP contribution is -1.95. The van der Waals surface area contributed by atoms with Crippen LogP contribution >= 0.6 is 0 Å². The Balaban J connectivity index is 2.53. The topological polar surface area (TPSA) is 63.8 Å². The Bertz CT molecular complexity index is 409. The number of rotatable bonds is 1. The first-order valence-electron chi connectivity index (χ1n) is 3.77. The zero-order valence-electron chi connectivity index (χ0n) is 7.05. The maximum atomic E-state index is 9.11. The molecule has 0 aliphatic carbocycles. The van der Waals surface area contributed by atoms with Crippen molar-refractivity contribution in [3.63, 3.8) is 0 Å². The number of aromatic hydroxyl groups is 1. The van der Waals surface area contributed by atoms with E-state index in [2.05, 4.69) is 15.0 Å². The molecule has 2 aromatic rings. The van der Waals surface area contributed by atoms with E-state index < -0.39 is 0 Å². The molecule has 0 amide bonds. The van der Waals surface area contributed by atoms with Crippen LogP contribution < -0.4 is 0 Å². The average molecular weight is 176 g/mol. The molecule has 2 rings (SSSR count). The van der Waals surface area contributed by atoms with Crippen molar-refractivity contribution in [2.75, 3.05) is 0 Å². The molecule has 13 heavy (non-hydrogen) atoms. The molecule has 0 aromatic carbocycles. The van der Waals surface area contributed by atoms with Crippen LogP contribution in [0.2, 0.25) is 0 Å². The minimum absolute atomic E-state index is 0.0232. The van der Waals surface area contributed by atoms with Crippen LogP contribution in [0.1, 0.15) is 0 Å². The van der Waals surface area contributed by atoms with Gasteiger partial charge in [-0.2, -0.15) is 4.98 Å². The van der Waals surface area contributed by atoms with E-state index in [1.165, 1.54) is 6.20 Å². The fourth-order valence-electron chi connectivity index (χ4n) is 1.07. The Morgan fingerprint density at radius 2 is 2.00 bits per heavy atom. The summed E-state index contributed by atoms with van der Waals surface area (Å²) in [5, 5.41) is 9.11. The summed E-state index contributed by atoms with van der Waals surface area (Å²) in [6.07, 6.45) is 4.77. The van der Waals surface area contributed by atoms with E-state index in [4.69, 9.17) is 5.11 Å². The fourth-order valence-corrected chi connectivity index (χ4v) is 1.07. The standard InChI is InChI=1S/C8H8N4O/c1-12-5-6(13)11-8(12)7-9-3-2-4-10-7/h2-5,13H,1H3. The summed E-state index contributed by atoms with van der Waals surface area (Å²) in [6, 6.07) is 1.73. The lowest BCUT2D eigenvalue weighted by Gasteiger charge is -1.96. The smallest absolute Gasteiger partial charge is 0.229 e. The number of aryl methyl sites for hydroxylation is 1. The van der Waals surface area contributed by atoms with E-state index in [0.717, 1.165) is 0 Å². The number of hydrogen-bond donors (Lipinski definition) is 1. The second kappa shape index (κ2) is 2.85. The lowest BCUT2D eigenvalue weighted by molar-refractivity contribution is 0.456. The van der Waals surface area contributed by atoms with Crippen molar-refractivity contribution in [1.82, 2.24) is 19.5 Å². The van der Waals surface area contributed by atoms with Gasteiger partial charge in [-0.15, -0.1) is 0 Å². The minimum atomic E-state index is -0.0232. The first kappa shape index (κ1) is 7.72. The van der Waals surface area contributed by atoms with Gasteiger partial charge in [-0.1, -0.05) is 0 Å². The molecule has 0 spiro atoms. The monoisotopic (exact) mass is 176 g/mol. The summed E-state index contributed by atoms with van der Waals surface area (Å²) < 4.78 is 1.67. The highest BCUT2D eigenvalue weighted by Gasteiger charge is 2.07. The molecule has 0 aliphatic heterocycles. The zero-order chi connectivity index (χ0) is 9.26. The molecule has 0 atom stereocenters. The van der Waals surface area contributed by atoms with Crippen molar-refractivity contribution >= 4 is 0 Å². The highest BCUT2D eigenvalue weighted by molar-refractivity contribution is 5.44. The van der Waals surface area contributed by atoms with Crippen LogP contribution in [0, 0.1) is 0 Å². The highest BCUT2D eigenvalue weighted by Crippen LogP contribution is 2.15. The second-order valence-electron chi connectivity index (χ2n) is 2.61. The van der Waals surface area contributed by atoms with Crippen LogP contribution in [0.5, 0.6) is 5.88 Å². The first-order chi connectivity index (χ1) is 6.27. The molecule has 0 aliphatic rings. The molecular formula is C8H8N4O. The molecule has 0 radical (unpaired) electrons. The molecule has 0 fully saturated rings. The van der Waals surface area contributed by atoms with Crippen molar-refractivity contribution in [1.29, 1.82) is 0 Å². The maximum Gasteiger partial charge on any atom is 0.229 e. The number of hydrogen-bond acceptors (Lipinski definition) is 4. The summed E-state index contributed by atoms with van der Waals surface area (Å²) in [5.41, 5.74) is 0. The van der Waals surface area contributed by atoms with Crippen molar-refractivity contribution in [3.8, 4) is 17.5 Å². The molecular weight excluding hydrogens is 168 g/mol. The molecule has 0 saturated carbocycles. The molecule has 0 unspecified atom stereocenters. The van der Waals surface area contributed by atoms with Gasteiger partial charge >= 0.3 is 0 Å². The summed E-state index contributed by atoms with van der Waals surface area (Å²) in [7, 11) is 1.78. The van der Waals surface area contributed by atoms with Crippen molar-refractivity contribution in [2.45, 2.75) is 0 Å². The van der Waals surface area contributed by atoms with Gasteiger partial charge in [0.25, 0.3) is 0 Å². The Labute approximate surface area is 74.7 Å². The van der Waals surface area contributed by atoms with Crippen molar-refractivity contribution in [3.05, 3.63) is 24.7 Å². The van der Waals surface area contributed by atoms with Gasteiger partial charge in [0.05, 0.1) is 6.20 Å². The van der Waals surface area contributed by atoms with Gasteiger partial charge in [0, 0.05) is 19.4 Å². The number of aromatic nitrogens is 4. The van der Waals surface area contributed by atoms with Crippen LogP contribution in [0.25, 0.3) is 11.6 Å². The molecule has 66 valence electrons. The van der Waals surface area contributed by atoms with E-state index >= 15 is 0 Å². The van der Waals surface area contributed by atoms with Crippen LogP contribution in [0.3, 0.4) is 0 Å². The van der Waals surface area contributed by atoms with Gasteiger partial charge in [0.15, 0.2) is 11.6 Å². The van der Waals surface area contributed by atoms with Gasteiger partial charge in [0.2, 0.25) is 5.88 Å². The Kier molecular flexibility index (Phi) is 1.70. The third-order valence-corrected chi connectivity index (χ3v) is 1.63. The number of nitrogens with zero attached hydrogens (tertiary/aromatic N) is 4. The van der Waals surface area contributed by atoms with E-state index in [-0.39, 0.29) is 5.88 Å². The number of imidazole rings is 1. The summed E-state index contributed by atoms with van der Waals surface area (Å²) in [4.78, 5) is 11.9. The normalized spacial score (nSPS) is 10.2. The predicted molar refractivity (Wildman–Crippen MR) is 45.9 cm³/mol. The molecule has 1 N–H and O–H groups in total. The fraction of sp³-hybridized carbons (Fsp3) is 0.125. The van der Waals surface area contributed by atoms with Crippen LogP contribution in [0.15, 0.2) is 24.7 Å². The second-order valence-corrected chi connectivity index (χ2v) is 2.61. The molecule has 0 saturated heterocycles.